The van der Waals surface area contributed by atoms with E-state index in [1.807, 2.05) is 14.1 Å². The standard InChI is InChI=1S/C8H10Br3GeN/c1-13(2)8-5-3-7(4-6-8)12(9,10)11/h3-6H,1-2H3. The number of nitrogens with zero attached hydrogens (tertiary/aromatic N) is 1. The van der Waals surface area contributed by atoms with Gasteiger partial charge in [0.15, 0.2) is 0 Å². The third-order valence-corrected chi connectivity index (χ3v) is 10.9. The van der Waals surface area contributed by atoms with Crippen molar-refractivity contribution in [1.82, 2.24) is 0 Å². The van der Waals surface area contributed by atoms with Crippen LogP contribution >= 0.6 is 42.0 Å². The zero-order valence-corrected chi connectivity index (χ0v) is 14.2. The van der Waals surface area contributed by atoms with E-state index in [2.05, 4.69) is 71.2 Å². The first kappa shape index (κ1) is 12.1. The van der Waals surface area contributed by atoms with Crippen molar-refractivity contribution in [1.29, 1.82) is 0 Å². The first-order chi connectivity index (χ1) is 5.91. The van der Waals surface area contributed by atoms with Crippen molar-refractivity contribution in [3.8, 4) is 0 Å². The summed E-state index contributed by atoms with van der Waals surface area (Å²) in [6, 6.07) is 8.54. The Labute approximate surface area is 102 Å². The molecule has 0 unspecified atom stereocenters. The Morgan fingerprint density at radius 3 is 1.77 bits per heavy atom. The summed E-state index contributed by atoms with van der Waals surface area (Å²) in [4.78, 5) is 2.09. The molecule has 13 heavy (non-hydrogen) atoms. The molecule has 0 saturated carbocycles. The van der Waals surface area contributed by atoms with Crippen molar-refractivity contribution in [3.63, 3.8) is 0 Å². The van der Waals surface area contributed by atoms with Crippen LogP contribution in [0.25, 0.3) is 0 Å². The third kappa shape index (κ3) is 3.57. The molecular formula is C8H10Br3GeN. The SMILES string of the molecule is CN(C)c1cc[c]([Ge]([Br])([Br])[Br])cc1. The maximum atomic E-state index is 3.66. The van der Waals surface area contributed by atoms with E-state index in [0.29, 0.717) is 0 Å². The van der Waals surface area contributed by atoms with Gasteiger partial charge in [0.1, 0.15) is 0 Å². The maximum absolute atomic E-state index is 3.66. The van der Waals surface area contributed by atoms with Gasteiger partial charge in [-0.1, -0.05) is 0 Å². The van der Waals surface area contributed by atoms with Crippen LogP contribution in [0.15, 0.2) is 24.3 Å². The molecule has 1 aromatic carbocycles. The number of hydrogen-bond acceptors (Lipinski definition) is 1. The number of benzene rings is 1. The predicted molar refractivity (Wildman–Crippen MR) is 72.9 cm³/mol. The average Bonchev–Trinajstić information content (AvgIpc) is 2.03. The van der Waals surface area contributed by atoms with Gasteiger partial charge < -0.3 is 0 Å². The summed E-state index contributed by atoms with van der Waals surface area (Å²) in [7, 11) is 1.93. The van der Waals surface area contributed by atoms with E-state index in [0.717, 1.165) is 0 Å². The van der Waals surface area contributed by atoms with Crippen molar-refractivity contribution >= 4 is 59.8 Å². The van der Waals surface area contributed by atoms with Crippen LogP contribution in [0.3, 0.4) is 0 Å². The van der Waals surface area contributed by atoms with Gasteiger partial charge in [-0.05, 0) is 0 Å². The molecular weight excluding hydrogens is 422 g/mol. The first-order valence-corrected chi connectivity index (χ1v) is 19.5. The quantitative estimate of drug-likeness (QED) is 0.650. The Morgan fingerprint density at radius 2 is 1.46 bits per heavy atom. The molecule has 0 amide bonds. The summed E-state index contributed by atoms with van der Waals surface area (Å²) in [5, 5.41) is 0. The predicted octanol–water partition coefficient (Wildman–Crippen LogP) is 3.08. The second-order valence-corrected chi connectivity index (χ2v) is 41.4. The molecule has 0 heterocycles. The topological polar surface area (TPSA) is 3.24 Å². The van der Waals surface area contributed by atoms with Crippen molar-refractivity contribution in [2.24, 2.45) is 0 Å². The van der Waals surface area contributed by atoms with Crippen molar-refractivity contribution in [3.05, 3.63) is 24.3 Å². The van der Waals surface area contributed by atoms with Gasteiger partial charge in [-0.2, -0.15) is 0 Å². The van der Waals surface area contributed by atoms with E-state index < -0.39 is 7.74 Å². The molecule has 0 aliphatic rings. The summed E-state index contributed by atoms with van der Waals surface area (Å²) >= 11 is 11.0. The molecule has 72 valence electrons. The zero-order valence-electron chi connectivity index (χ0n) is 7.39. The minimum atomic E-state index is -2.15. The van der Waals surface area contributed by atoms with E-state index in [1.165, 1.54) is 10.1 Å². The van der Waals surface area contributed by atoms with Crippen molar-refractivity contribution in [2.75, 3.05) is 19.0 Å². The van der Waals surface area contributed by atoms with Crippen LogP contribution in [0.1, 0.15) is 0 Å². The third-order valence-electron chi connectivity index (χ3n) is 1.71. The fourth-order valence-electron chi connectivity index (χ4n) is 0.949. The van der Waals surface area contributed by atoms with E-state index in [9.17, 15) is 0 Å². The molecule has 0 spiro atoms. The van der Waals surface area contributed by atoms with E-state index >= 15 is 0 Å². The van der Waals surface area contributed by atoms with Crippen LogP contribution in [0.4, 0.5) is 5.69 Å². The van der Waals surface area contributed by atoms with Gasteiger partial charge in [0.05, 0.1) is 0 Å². The van der Waals surface area contributed by atoms with Gasteiger partial charge in [0.2, 0.25) is 0 Å². The molecule has 1 aromatic rings. The second-order valence-electron chi connectivity index (χ2n) is 2.94. The van der Waals surface area contributed by atoms with Crippen LogP contribution in [0.5, 0.6) is 0 Å². The van der Waals surface area contributed by atoms with Crippen molar-refractivity contribution < 1.29 is 0 Å². The molecule has 0 fully saturated rings. The Kier molecular flexibility index (Phi) is 4.35. The van der Waals surface area contributed by atoms with E-state index in [1.54, 1.807) is 0 Å². The van der Waals surface area contributed by atoms with Gasteiger partial charge in [-0.3, -0.25) is 0 Å². The van der Waals surface area contributed by atoms with Gasteiger partial charge in [0.25, 0.3) is 0 Å². The molecule has 1 nitrogen and oxygen atoms in total. The fourth-order valence-corrected chi connectivity index (χ4v) is 6.21. The molecule has 5 heteroatoms. The van der Waals surface area contributed by atoms with Gasteiger partial charge in [-0.25, -0.2) is 0 Å². The fraction of sp³-hybridized carbons (Fsp3) is 0.250. The monoisotopic (exact) mass is 431 g/mol. The Hall–Kier alpha value is 1.00. The molecule has 0 saturated heterocycles. The normalized spacial score (nSPS) is 11.5. The number of anilines is 1. The van der Waals surface area contributed by atoms with Crippen LogP contribution < -0.4 is 9.30 Å². The molecule has 0 aliphatic carbocycles. The molecule has 1 rings (SSSR count). The van der Waals surface area contributed by atoms with Crippen molar-refractivity contribution in [2.45, 2.75) is 0 Å². The molecule has 0 aliphatic heterocycles. The molecule has 0 aromatic heterocycles. The van der Waals surface area contributed by atoms with Crippen LogP contribution in [0.2, 0.25) is 0 Å². The summed E-state index contributed by atoms with van der Waals surface area (Å²) < 4.78 is 1.32. The van der Waals surface area contributed by atoms with Gasteiger partial charge in [0, 0.05) is 0 Å². The Balaban J connectivity index is 2.94. The molecule has 0 N–H and O–H groups in total. The van der Waals surface area contributed by atoms with E-state index in [4.69, 9.17) is 0 Å². The van der Waals surface area contributed by atoms with Gasteiger partial charge in [-0.15, -0.1) is 0 Å². The summed E-state index contributed by atoms with van der Waals surface area (Å²) in [5.74, 6) is 0. The number of halogens is 3. The minimum absolute atomic E-state index is 1.22. The van der Waals surface area contributed by atoms with Crippen LogP contribution in [0, 0.1) is 0 Å². The number of rotatable bonds is 2. The molecule has 0 bridgehead atoms. The Bertz CT molecular complexity index is 278. The molecule has 0 atom stereocenters. The average molecular weight is 432 g/mol. The summed E-state index contributed by atoms with van der Waals surface area (Å²) in [6.07, 6.45) is 0. The summed E-state index contributed by atoms with van der Waals surface area (Å²) in [6.45, 7) is 0. The van der Waals surface area contributed by atoms with E-state index in [-0.39, 0.29) is 0 Å². The Morgan fingerprint density at radius 1 is 1.00 bits per heavy atom. The van der Waals surface area contributed by atoms with Gasteiger partial charge >= 0.3 is 103 Å². The van der Waals surface area contributed by atoms with Crippen LogP contribution in [-0.2, 0) is 0 Å². The first-order valence-electron chi connectivity index (χ1n) is 3.76. The molecule has 0 radical (unpaired) electrons. The summed E-state index contributed by atoms with van der Waals surface area (Å²) in [5.41, 5.74) is 1.22. The zero-order chi connectivity index (χ0) is 10.1. The second kappa shape index (κ2) is 4.68. The number of hydrogen-bond donors (Lipinski definition) is 0. The van der Waals surface area contributed by atoms with Crippen LogP contribution in [-0.4, -0.2) is 21.8 Å².